The molecule has 0 saturated heterocycles. The molecule has 7 heteroatoms. The molecule has 0 saturated carbocycles. The number of rotatable bonds is 9. The Kier molecular flexibility index (Phi) is 7.07. The minimum Gasteiger partial charge on any atom is -0.480 e. The molecule has 7 nitrogen and oxygen atoms in total. The zero-order chi connectivity index (χ0) is 22.4. The van der Waals surface area contributed by atoms with Gasteiger partial charge in [-0.25, -0.2) is 9.59 Å². The maximum atomic E-state index is 12.3. The number of hydrogen-bond acceptors (Lipinski definition) is 4. The standard InChI is InChI=1S/C24H26N2O5/c1-3-8-21(23(28)29)26-22(27)13-15(2)25-24(30)31-14-20-18-11-6-4-9-16(18)17-10-5-7-12-19(17)20/h3-7,9-12,15,20-21H,1,8,13-14H2,2H3,(H,25,30)(H,26,27)(H,28,29). The van der Waals surface area contributed by atoms with E-state index in [2.05, 4.69) is 29.3 Å². The quantitative estimate of drug-likeness (QED) is 0.537. The van der Waals surface area contributed by atoms with Crippen LogP contribution in [0.4, 0.5) is 4.79 Å². The van der Waals surface area contributed by atoms with Gasteiger partial charge in [-0.2, -0.15) is 0 Å². The molecule has 31 heavy (non-hydrogen) atoms. The summed E-state index contributed by atoms with van der Waals surface area (Å²) in [6.45, 7) is 5.32. The highest BCUT2D eigenvalue weighted by Crippen LogP contribution is 2.44. The molecule has 0 spiro atoms. The lowest BCUT2D eigenvalue weighted by molar-refractivity contribution is -0.141. The first kappa shape index (κ1) is 22.1. The summed E-state index contributed by atoms with van der Waals surface area (Å²) >= 11 is 0. The number of alkyl carbamates (subject to hydrolysis) is 1. The summed E-state index contributed by atoms with van der Waals surface area (Å²) in [7, 11) is 0. The fourth-order valence-corrected chi connectivity index (χ4v) is 3.81. The first-order valence-electron chi connectivity index (χ1n) is 10.1. The Hall–Kier alpha value is -3.61. The smallest absolute Gasteiger partial charge is 0.407 e. The van der Waals surface area contributed by atoms with Gasteiger partial charge in [-0.15, -0.1) is 6.58 Å². The van der Waals surface area contributed by atoms with Gasteiger partial charge >= 0.3 is 12.1 Å². The number of hydrogen-bond donors (Lipinski definition) is 3. The van der Waals surface area contributed by atoms with Crippen LogP contribution >= 0.6 is 0 Å². The van der Waals surface area contributed by atoms with E-state index < -0.39 is 30.1 Å². The first-order valence-corrected chi connectivity index (χ1v) is 10.1. The highest BCUT2D eigenvalue weighted by molar-refractivity contribution is 5.84. The van der Waals surface area contributed by atoms with Gasteiger partial charge in [0.25, 0.3) is 0 Å². The van der Waals surface area contributed by atoms with Gasteiger partial charge in [0, 0.05) is 18.4 Å². The molecule has 0 aliphatic heterocycles. The van der Waals surface area contributed by atoms with Crippen LogP contribution in [0, 0.1) is 0 Å². The van der Waals surface area contributed by atoms with E-state index in [1.165, 1.54) is 6.08 Å². The van der Waals surface area contributed by atoms with Crippen LogP contribution in [0.15, 0.2) is 61.2 Å². The zero-order valence-electron chi connectivity index (χ0n) is 17.3. The van der Waals surface area contributed by atoms with Gasteiger partial charge < -0.3 is 20.5 Å². The number of carbonyl (C=O) groups is 3. The highest BCUT2D eigenvalue weighted by atomic mass is 16.5. The van der Waals surface area contributed by atoms with E-state index in [0.29, 0.717) is 0 Å². The summed E-state index contributed by atoms with van der Waals surface area (Å²) in [5.74, 6) is -1.65. The van der Waals surface area contributed by atoms with Gasteiger partial charge in [-0.3, -0.25) is 4.79 Å². The lowest BCUT2D eigenvalue weighted by Gasteiger charge is -2.18. The number of aliphatic carboxylic acids is 1. The molecule has 1 aliphatic carbocycles. The second-order valence-corrected chi connectivity index (χ2v) is 7.56. The summed E-state index contributed by atoms with van der Waals surface area (Å²) in [4.78, 5) is 35.5. The van der Waals surface area contributed by atoms with Crippen LogP contribution in [0.3, 0.4) is 0 Å². The van der Waals surface area contributed by atoms with Crippen molar-refractivity contribution in [2.75, 3.05) is 6.61 Å². The van der Waals surface area contributed by atoms with Crippen LogP contribution in [0.25, 0.3) is 11.1 Å². The van der Waals surface area contributed by atoms with E-state index in [4.69, 9.17) is 9.84 Å². The normalized spacial score (nSPS) is 14.0. The fraction of sp³-hybridized carbons (Fsp3) is 0.292. The summed E-state index contributed by atoms with van der Waals surface area (Å²) in [5.41, 5.74) is 4.52. The van der Waals surface area contributed by atoms with Crippen LogP contribution in [-0.2, 0) is 14.3 Å². The molecule has 0 bridgehead atoms. The summed E-state index contributed by atoms with van der Waals surface area (Å²) in [6, 6.07) is 14.6. The number of fused-ring (bicyclic) bond motifs is 3. The van der Waals surface area contributed by atoms with Gasteiger partial charge in [-0.05, 0) is 35.6 Å². The lowest BCUT2D eigenvalue weighted by Crippen LogP contribution is -2.44. The predicted molar refractivity (Wildman–Crippen MR) is 117 cm³/mol. The molecule has 3 rings (SSSR count). The van der Waals surface area contributed by atoms with Gasteiger partial charge in [-0.1, -0.05) is 54.6 Å². The second-order valence-electron chi connectivity index (χ2n) is 7.56. The third-order valence-electron chi connectivity index (χ3n) is 5.24. The molecule has 3 N–H and O–H groups in total. The van der Waals surface area contributed by atoms with Gasteiger partial charge in [0.2, 0.25) is 5.91 Å². The van der Waals surface area contributed by atoms with Gasteiger partial charge in [0.1, 0.15) is 12.6 Å². The Labute approximate surface area is 181 Å². The Morgan fingerprint density at radius 1 is 1.06 bits per heavy atom. The minimum atomic E-state index is -1.13. The molecule has 2 atom stereocenters. The van der Waals surface area contributed by atoms with E-state index in [1.54, 1.807) is 6.92 Å². The van der Waals surface area contributed by atoms with Crippen molar-refractivity contribution in [3.05, 3.63) is 72.3 Å². The average Bonchev–Trinajstić information content (AvgIpc) is 3.05. The second kappa shape index (κ2) is 9.93. The molecule has 2 amide bonds. The summed E-state index contributed by atoms with van der Waals surface area (Å²) in [6.07, 6.45) is 0.862. The number of ether oxygens (including phenoxy) is 1. The maximum absolute atomic E-state index is 12.3. The number of carbonyl (C=O) groups excluding carboxylic acids is 2. The maximum Gasteiger partial charge on any atom is 0.407 e. The third kappa shape index (κ3) is 5.31. The van der Waals surface area contributed by atoms with E-state index in [9.17, 15) is 14.4 Å². The number of carboxylic acid groups (broad SMARTS) is 1. The zero-order valence-corrected chi connectivity index (χ0v) is 17.3. The van der Waals surface area contributed by atoms with Crippen LogP contribution in [-0.4, -0.2) is 41.8 Å². The topological polar surface area (TPSA) is 105 Å². The number of amides is 2. The minimum absolute atomic E-state index is 0.0491. The number of nitrogens with one attached hydrogen (secondary N) is 2. The Morgan fingerprint density at radius 2 is 1.65 bits per heavy atom. The number of carboxylic acids is 1. The van der Waals surface area contributed by atoms with Crippen molar-refractivity contribution < 1.29 is 24.2 Å². The molecular weight excluding hydrogens is 396 g/mol. The van der Waals surface area contributed by atoms with Crippen LogP contribution < -0.4 is 10.6 Å². The molecule has 2 aromatic carbocycles. The fourth-order valence-electron chi connectivity index (χ4n) is 3.81. The predicted octanol–water partition coefficient (Wildman–Crippen LogP) is 3.45. The van der Waals surface area contributed by atoms with E-state index >= 15 is 0 Å². The van der Waals surface area contributed by atoms with Crippen molar-refractivity contribution in [3.63, 3.8) is 0 Å². The largest absolute Gasteiger partial charge is 0.480 e. The van der Waals surface area contributed by atoms with E-state index in [0.717, 1.165) is 22.3 Å². The first-order chi connectivity index (χ1) is 14.9. The van der Waals surface area contributed by atoms with Crippen LogP contribution in [0.1, 0.15) is 36.8 Å². The van der Waals surface area contributed by atoms with Crippen LogP contribution in [0.2, 0.25) is 0 Å². The Balaban J connectivity index is 1.53. The van der Waals surface area contributed by atoms with Crippen molar-refractivity contribution in [2.24, 2.45) is 0 Å². The number of benzene rings is 2. The molecule has 0 heterocycles. The molecule has 2 unspecified atom stereocenters. The van der Waals surface area contributed by atoms with Gasteiger partial charge in [0.15, 0.2) is 0 Å². The van der Waals surface area contributed by atoms with Crippen molar-refractivity contribution in [1.82, 2.24) is 10.6 Å². The molecule has 162 valence electrons. The summed E-state index contributed by atoms with van der Waals surface area (Å²) in [5, 5.41) is 14.1. The summed E-state index contributed by atoms with van der Waals surface area (Å²) < 4.78 is 5.46. The molecule has 0 aromatic heterocycles. The molecule has 1 aliphatic rings. The Morgan fingerprint density at radius 3 is 2.19 bits per heavy atom. The monoisotopic (exact) mass is 422 g/mol. The van der Waals surface area contributed by atoms with Crippen molar-refractivity contribution in [2.45, 2.75) is 37.8 Å². The van der Waals surface area contributed by atoms with Crippen molar-refractivity contribution >= 4 is 18.0 Å². The molecule has 2 aromatic rings. The highest BCUT2D eigenvalue weighted by Gasteiger charge is 2.29. The SMILES string of the molecule is C=CCC(NC(=O)CC(C)NC(=O)OCC1c2ccccc2-c2ccccc21)C(=O)O. The molecular formula is C24H26N2O5. The van der Waals surface area contributed by atoms with Crippen LogP contribution in [0.5, 0.6) is 0 Å². The van der Waals surface area contributed by atoms with Gasteiger partial charge in [0.05, 0.1) is 0 Å². The lowest BCUT2D eigenvalue weighted by atomic mass is 9.98. The third-order valence-corrected chi connectivity index (χ3v) is 5.24. The molecule has 0 radical (unpaired) electrons. The average molecular weight is 422 g/mol. The van der Waals surface area contributed by atoms with E-state index in [-0.39, 0.29) is 25.4 Å². The van der Waals surface area contributed by atoms with E-state index in [1.807, 2.05) is 36.4 Å². The van der Waals surface area contributed by atoms with Crippen molar-refractivity contribution in [1.29, 1.82) is 0 Å². The van der Waals surface area contributed by atoms with Crippen molar-refractivity contribution in [3.8, 4) is 11.1 Å². The Bertz CT molecular complexity index is 942. The molecule has 0 fully saturated rings.